The second-order valence-electron chi connectivity index (χ2n) is 4.47. The number of methoxy groups -OCH3 is 1. The molecule has 0 fully saturated rings. The molecule has 0 spiro atoms. The molecule has 0 radical (unpaired) electrons. The summed E-state index contributed by atoms with van der Waals surface area (Å²) < 4.78 is 4.98. The second kappa shape index (κ2) is 5.05. The Morgan fingerprint density at radius 1 is 1.35 bits per heavy atom. The first kappa shape index (κ1) is 13.3. The highest BCUT2D eigenvalue weighted by Gasteiger charge is 2.21. The molecule has 3 N–H and O–H groups in total. The molecule has 5 heteroatoms. The number of amides is 1. The minimum Gasteiger partial charge on any atom is -0.504 e. The maximum Gasteiger partial charge on any atom is 0.251 e. The van der Waals surface area contributed by atoms with E-state index in [2.05, 4.69) is 5.32 Å². The summed E-state index contributed by atoms with van der Waals surface area (Å²) in [5.41, 5.74) is -0.219. The molecule has 0 aliphatic heterocycles. The molecule has 0 bridgehead atoms. The van der Waals surface area contributed by atoms with E-state index in [0.29, 0.717) is 6.61 Å². The van der Waals surface area contributed by atoms with Gasteiger partial charge in [0.2, 0.25) is 0 Å². The van der Waals surface area contributed by atoms with Gasteiger partial charge in [-0.15, -0.1) is 0 Å². The van der Waals surface area contributed by atoms with Crippen molar-refractivity contribution in [2.75, 3.05) is 13.7 Å². The molecule has 94 valence electrons. The molecule has 5 nitrogen and oxygen atoms in total. The van der Waals surface area contributed by atoms with Crippen molar-refractivity contribution in [3.05, 3.63) is 23.8 Å². The van der Waals surface area contributed by atoms with Crippen LogP contribution in [0.15, 0.2) is 18.2 Å². The lowest BCUT2D eigenvalue weighted by Gasteiger charge is -2.25. The molecule has 0 saturated heterocycles. The predicted octanol–water partition coefficient (Wildman–Crippen LogP) is 1.25. The standard InChI is InChI=1S/C12H17NO4/c1-12(2,7-17-3)13-11(16)8-4-5-9(14)10(15)6-8/h4-6,14-15H,7H2,1-3H3,(H,13,16). The van der Waals surface area contributed by atoms with E-state index in [9.17, 15) is 9.90 Å². The Morgan fingerprint density at radius 3 is 2.53 bits per heavy atom. The van der Waals surface area contributed by atoms with Crippen molar-refractivity contribution in [1.82, 2.24) is 5.32 Å². The molecule has 17 heavy (non-hydrogen) atoms. The van der Waals surface area contributed by atoms with E-state index in [4.69, 9.17) is 9.84 Å². The van der Waals surface area contributed by atoms with Crippen molar-refractivity contribution >= 4 is 5.91 Å². The average molecular weight is 239 g/mol. The van der Waals surface area contributed by atoms with E-state index in [1.54, 1.807) is 7.11 Å². The van der Waals surface area contributed by atoms with Crippen LogP contribution in [0, 0.1) is 0 Å². The SMILES string of the molecule is COCC(C)(C)NC(=O)c1ccc(O)c(O)c1. The van der Waals surface area contributed by atoms with Crippen molar-refractivity contribution in [3.63, 3.8) is 0 Å². The first-order valence-electron chi connectivity index (χ1n) is 5.19. The molecule has 0 atom stereocenters. The van der Waals surface area contributed by atoms with Gasteiger partial charge in [-0.05, 0) is 32.0 Å². The van der Waals surface area contributed by atoms with Crippen LogP contribution in [-0.4, -0.2) is 35.4 Å². The summed E-state index contributed by atoms with van der Waals surface area (Å²) in [5, 5.41) is 21.2. The van der Waals surface area contributed by atoms with Crippen molar-refractivity contribution in [3.8, 4) is 11.5 Å². The second-order valence-corrected chi connectivity index (χ2v) is 4.47. The van der Waals surface area contributed by atoms with E-state index in [0.717, 1.165) is 0 Å². The molecule has 1 aromatic rings. The van der Waals surface area contributed by atoms with Crippen molar-refractivity contribution in [2.24, 2.45) is 0 Å². The lowest BCUT2D eigenvalue weighted by atomic mass is 10.1. The Bertz CT molecular complexity index is 415. The molecule has 1 rings (SSSR count). The maximum absolute atomic E-state index is 11.8. The first-order chi connectivity index (χ1) is 7.85. The number of phenolic OH excluding ortho intramolecular Hbond substituents is 2. The van der Waals surface area contributed by atoms with Gasteiger partial charge in [0.25, 0.3) is 5.91 Å². The molecule has 0 saturated carbocycles. The third-order valence-corrected chi connectivity index (χ3v) is 2.19. The van der Waals surface area contributed by atoms with Gasteiger partial charge in [0.05, 0.1) is 12.1 Å². The van der Waals surface area contributed by atoms with Gasteiger partial charge >= 0.3 is 0 Å². The van der Waals surface area contributed by atoms with Gasteiger partial charge in [0, 0.05) is 12.7 Å². The van der Waals surface area contributed by atoms with Crippen molar-refractivity contribution in [1.29, 1.82) is 0 Å². The number of rotatable bonds is 4. The van der Waals surface area contributed by atoms with Crippen LogP contribution in [0.25, 0.3) is 0 Å². The molecule has 0 heterocycles. The number of aromatic hydroxyl groups is 2. The van der Waals surface area contributed by atoms with Crippen LogP contribution in [0.1, 0.15) is 24.2 Å². The topological polar surface area (TPSA) is 78.8 Å². The number of benzene rings is 1. The van der Waals surface area contributed by atoms with Crippen LogP contribution in [-0.2, 0) is 4.74 Å². The van der Waals surface area contributed by atoms with Crippen LogP contribution in [0.2, 0.25) is 0 Å². The molecule has 0 aromatic heterocycles. The minimum atomic E-state index is -0.501. The summed E-state index contributed by atoms with van der Waals surface area (Å²) in [6.07, 6.45) is 0. The first-order valence-corrected chi connectivity index (χ1v) is 5.19. The van der Waals surface area contributed by atoms with E-state index in [1.165, 1.54) is 18.2 Å². The number of hydrogen-bond acceptors (Lipinski definition) is 4. The normalized spacial score (nSPS) is 11.2. The summed E-state index contributed by atoms with van der Waals surface area (Å²) in [5.74, 6) is -0.901. The van der Waals surface area contributed by atoms with Gasteiger partial charge in [0.15, 0.2) is 11.5 Å². The van der Waals surface area contributed by atoms with Crippen LogP contribution < -0.4 is 5.32 Å². The van der Waals surface area contributed by atoms with Crippen molar-refractivity contribution < 1.29 is 19.7 Å². The predicted molar refractivity (Wildman–Crippen MR) is 63.2 cm³/mol. The summed E-state index contributed by atoms with van der Waals surface area (Å²) in [6.45, 7) is 4.03. The van der Waals surface area contributed by atoms with Gasteiger partial charge in [-0.1, -0.05) is 0 Å². The zero-order valence-electron chi connectivity index (χ0n) is 10.2. The molecule has 0 aliphatic carbocycles. The van der Waals surface area contributed by atoms with Gasteiger partial charge < -0.3 is 20.3 Å². The molecular formula is C12H17NO4. The number of nitrogens with one attached hydrogen (secondary N) is 1. The van der Waals surface area contributed by atoms with Crippen LogP contribution in [0.5, 0.6) is 11.5 Å². The molecule has 1 aromatic carbocycles. The Hall–Kier alpha value is -1.75. The van der Waals surface area contributed by atoms with Gasteiger partial charge in [-0.3, -0.25) is 4.79 Å². The number of ether oxygens (including phenoxy) is 1. The zero-order chi connectivity index (χ0) is 13.1. The van der Waals surface area contributed by atoms with Gasteiger partial charge in [-0.2, -0.15) is 0 Å². The Balaban J connectivity index is 2.80. The van der Waals surface area contributed by atoms with Crippen LogP contribution >= 0.6 is 0 Å². The van der Waals surface area contributed by atoms with Crippen molar-refractivity contribution in [2.45, 2.75) is 19.4 Å². The number of phenols is 2. The molecule has 1 amide bonds. The van der Waals surface area contributed by atoms with Gasteiger partial charge in [0.1, 0.15) is 0 Å². The zero-order valence-corrected chi connectivity index (χ0v) is 10.2. The fourth-order valence-corrected chi connectivity index (χ4v) is 1.44. The Morgan fingerprint density at radius 2 is 2.00 bits per heavy atom. The van der Waals surface area contributed by atoms with Crippen LogP contribution in [0.3, 0.4) is 0 Å². The van der Waals surface area contributed by atoms with Gasteiger partial charge in [-0.25, -0.2) is 0 Å². The fourth-order valence-electron chi connectivity index (χ4n) is 1.44. The highest BCUT2D eigenvalue weighted by Crippen LogP contribution is 2.24. The minimum absolute atomic E-state index is 0.252. The smallest absolute Gasteiger partial charge is 0.251 e. The fraction of sp³-hybridized carbons (Fsp3) is 0.417. The molecular weight excluding hydrogens is 222 g/mol. The van der Waals surface area contributed by atoms with Crippen LogP contribution in [0.4, 0.5) is 0 Å². The summed E-state index contributed by atoms with van der Waals surface area (Å²) in [4.78, 5) is 11.8. The van der Waals surface area contributed by atoms with E-state index in [1.807, 2.05) is 13.8 Å². The van der Waals surface area contributed by atoms with E-state index >= 15 is 0 Å². The average Bonchev–Trinajstić information content (AvgIpc) is 2.21. The summed E-state index contributed by atoms with van der Waals surface area (Å²) >= 11 is 0. The lowest BCUT2D eigenvalue weighted by Crippen LogP contribution is -2.46. The maximum atomic E-state index is 11.8. The van der Waals surface area contributed by atoms with E-state index < -0.39 is 5.54 Å². The number of carbonyl (C=O) groups excluding carboxylic acids is 1. The third kappa shape index (κ3) is 3.64. The van der Waals surface area contributed by atoms with E-state index in [-0.39, 0.29) is 23.0 Å². The highest BCUT2D eigenvalue weighted by atomic mass is 16.5. The number of hydrogen-bond donors (Lipinski definition) is 3. The quantitative estimate of drug-likeness (QED) is 0.691. The summed E-state index contributed by atoms with van der Waals surface area (Å²) in [7, 11) is 1.56. The summed E-state index contributed by atoms with van der Waals surface area (Å²) in [6, 6.07) is 3.92. The Kier molecular flexibility index (Phi) is 3.96. The Labute approximate surface area is 100 Å². The molecule has 0 aliphatic rings. The lowest BCUT2D eigenvalue weighted by molar-refractivity contribution is 0.0819. The molecule has 0 unspecified atom stereocenters. The monoisotopic (exact) mass is 239 g/mol. The largest absolute Gasteiger partial charge is 0.504 e. The number of carbonyl (C=O) groups is 1. The third-order valence-electron chi connectivity index (χ3n) is 2.19. The highest BCUT2D eigenvalue weighted by molar-refractivity contribution is 5.95.